The molecule has 0 spiro atoms. The predicted octanol–water partition coefficient (Wildman–Crippen LogP) is -3.49. The topological polar surface area (TPSA) is 150 Å². The highest BCUT2D eigenvalue weighted by Crippen LogP contribution is 2.21. The number of hydrogen-bond donors (Lipinski definition) is 5. The Morgan fingerprint density at radius 3 is 2.26 bits per heavy atom. The lowest BCUT2D eigenvalue weighted by Gasteiger charge is -2.39. The van der Waals surface area contributed by atoms with Crippen LogP contribution < -0.4 is 5.32 Å². The van der Waals surface area contributed by atoms with Gasteiger partial charge in [0.1, 0.15) is 24.4 Å². The summed E-state index contributed by atoms with van der Waals surface area (Å²) in [6.45, 7) is 1.59. The lowest BCUT2D eigenvalue weighted by molar-refractivity contribution is -0.302. The molecule has 1 rings (SSSR count). The summed E-state index contributed by atoms with van der Waals surface area (Å²) in [4.78, 5) is 13.1. The van der Waals surface area contributed by atoms with Crippen molar-refractivity contribution < 1.29 is 44.2 Å². The van der Waals surface area contributed by atoms with Gasteiger partial charge in [0.05, 0.1) is 46.2 Å². The second kappa shape index (κ2) is 13.3. The van der Waals surface area contributed by atoms with Crippen LogP contribution in [0.1, 0.15) is 0 Å². The predicted molar refractivity (Wildman–Crippen MR) is 92.9 cm³/mol. The normalized spacial score (nSPS) is 28.5. The van der Waals surface area contributed by atoms with Crippen molar-refractivity contribution in [1.82, 2.24) is 10.2 Å². The Bertz CT molecular complexity index is 411. The van der Waals surface area contributed by atoms with E-state index in [4.69, 9.17) is 24.1 Å². The largest absolute Gasteiger partial charge is 0.394 e. The molecule has 0 aromatic heterocycles. The van der Waals surface area contributed by atoms with Crippen LogP contribution in [0.2, 0.25) is 0 Å². The molecule has 2 unspecified atom stereocenters. The number of carbonyl (C=O) groups excluding carboxylic acids is 1. The Morgan fingerprint density at radius 2 is 1.63 bits per heavy atom. The number of hydrogen-bond acceptors (Lipinski definition) is 10. The van der Waals surface area contributed by atoms with E-state index < -0.39 is 37.3 Å². The molecule has 0 aliphatic carbocycles. The van der Waals surface area contributed by atoms with E-state index in [1.54, 1.807) is 4.90 Å². The van der Waals surface area contributed by atoms with Crippen molar-refractivity contribution in [3.05, 3.63) is 0 Å². The van der Waals surface area contributed by atoms with Crippen LogP contribution in [0.25, 0.3) is 0 Å². The molecule has 5 N–H and O–H groups in total. The Balaban J connectivity index is 2.00. The molecule has 27 heavy (non-hydrogen) atoms. The molecule has 1 heterocycles. The second-order valence-electron chi connectivity index (χ2n) is 6.38. The number of rotatable bonds is 13. The highest BCUT2D eigenvalue weighted by Gasteiger charge is 2.43. The lowest BCUT2D eigenvalue weighted by atomic mass is 9.99. The Hall–Kier alpha value is -0.890. The highest BCUT2D eigenvalue weighted by molar-refractivity contribution is 5.77. The summed E-state index contributed by atoms with van der Waals surface area (Å²) in [6.07, 6.45) is -6.46. The minimum Gasteiger partial charge on any atom is -0.394 e. The van der Waals surface area contributed by atoms with Crippen LogP contribution in [0.15, 0.2) is 0 Å². The van der Waals surface area contributed by atoms with Crippen molar-refractivity contribution in [2.75, 3.05) is 66.8 Å². The Kier molecular flexibility index (Phi) is 11.9. The average molecular weight is 396 g/mol. The molecule has 1 amide bonds. The van der Waals surface area contributed by atoms with E-state index >= 15 is 0 Å². The van der Waals surface area contributed by atoms with Gasteiger partial charge in [0.25, 0.3) is 0 Å². The maximum absolute atomic E-state index is 11.4. The molecule has 5 atom stereocenters. The van der Waals surface area contributed by atoms with Gasteiger partial charge in [-0.05, 0) is 14.1 Å². The van der Waals surface area contributed by atoms with Crippen LogP contribution in [-0.4, -0.2) is 129 Å². The van der Waals surface area contributed by atoms with Crippen molar-refractivity contribution in [3.8, 4) is 0 Å². The van der Waals surface area contributed by atoms with Crippen LogP contribution in [-0.2, 0) is 23.7 Å². The summed E-state index contributed by atoms with van der Waals surface area (Å²) < 4.78 is 21.1. The van der Waals surface area contributed by atoms with E-state index in [1.807, 2.05) is 14.1 Å². The quantitative estimate of drug-likeness (QED) is 0.199. The number of aliphatic hydroxyl groups excluding tert-OH is 4. The van der Waals surface area contributed by atoms with Crippen LogP contribution in [0, 0.1) is 0 Å². The van der Waals surface area contributed by atoms with Gasteiger partial charge < -0.3 is 49.6 Å². The van der Waals surface area contributed by atoms with Crippen molar-refractivity contribution in [1.29, 1.82) is 0 Å². The summed E-state index contributed by atoms with van der Waals surface area (Å²) in [6, 6.07) is 0. The van der Waals surface area contributed by atoms with Gasteiger partial charge in [-0.1, -0.05) is 0 Å². The molecule has 1 aliphatic heterocycles. The van der Waals surface area contributed by atoms with Crippen LogP contribution in [0.3, 0.4) is 0 Å². The van der Waals surface area contributed by atoms with E-state index in [1.165, 1.54) is 0 Å². The van der Waals surface area contributed by atoms with Gasteiger partial charge in [0.15, 0.2) is 6.29 Å². The van der Waals surface area contributed by atoms with Gasteiger partial charge in [-0.25, -0.2) is 0 Å². The third-order valence-electron chi connectivity index (χ3n) is 3.76. The standard InChI is InChI=1S/C16H32N2O9/c1-18(2)9-12(20)17-3-4-24-5-6-25-7-8-26-16-15(23)14(22)13(21)11(10-19)27-16/h11,13-16,19,21-23H,3-10H2,1-2H3,(H,17,20)/t11?,13-,14?,15-,16-/m1/s1. The minimum atomic E-state index is -1.46. The molecule has 0 saturated carbocycles. The number of likely N-dealkylation sites (N-methyl/N-ethyl adjacent to an activating group) is 1. The second-order valence-corrected chi connectivity index (χ2v) is 6.38. The molecule has 1 fully saturated rings. The third kappa shape index (κ3) is 9.23. The number of aliphatic hydroxyl groups is 4. The SMILES string of the molecule is CN(C)CC(=O)NCCOCCOCCO[C@@H]1OC(CO)[C@@H](O)C(O)[C@H]1O. The van der Waals surface area contributed by atoms with Crippen molar-refractivity contribution in [2.24, 2.45) is 0 Å². The first-order chi connectivity index (χ1) is 12.9. The van der Waals surface area contributed by atoms with E-state index in [2.05, 4.69) is 5.32 Å². The molecule has 0 radical (unpaired) electrons. The highest BCUT2D eigenvalue weighted by atomic mass is 16.7. The summed E-state index contributed by atoms with van der Waals surface area (Å²) in [5, 5.41) is 40.9. The number of nitrogens with one attached hydrogen (secondary N) is 1. The zero-order valence-corrected chi connectivity index (χ0v) is 15.8. The number of carbonyl (C=O) groups is 1. The molecular weight excluding hydrogens is 364 g/mol. The number of ether oxygens (including phenoxy) is 4. The van der Waals surface area contributed by atoms with Crippen LogP contribution in [0.5, 0.6) is 0 Å². The van der Waals surface area contributed by atoms with Gasteiger partial charge in [-0.2, -0.15) is 0 Å². The molecule has 11 heteroatoms. The molecule has 1 aliphatic rings. The summed E-state index contributed by atoms with van der Waals surface area (Å²) >= 11 is 0. The molecular formula is C16H32N2O9. The first-order valence-electron chi connectivity index (χ1n) is 8.85. The number of amides is 1. The molecule has 11 nitrogen and oxygen atoms in total. The zero-order valence-electron chi connectivity index (χ0n) is 15.8. The van der Waals surface area contributed by atoms with Crippen molar-refractivity contribution in [3.63, 3.8) is 0 Å². The van der Waals surface area contributed by atoms with Gasteiger partial charge in [-0.15, -0.1) is 0 Å². The third-order valence-corrected chi connectivity index (χ3v) is 3.76. The molecule has 0 aromatic carbocycles. The Morgan fingerprint density at radius 1 is 1.00 bits per heavy atom. The molecule has 0 aromatic rings. The van der Waals surface area contributed by atoms with Crippen LogP contribution >= 0.6 is 0 Å². The fraction of sp³-hybridized carbons (Fsp3) is 0.938. The van der Waals surface area contributed by atoms with E-state index in [9.17, 15) is 20.1 Å². The summed E-state index contributed by atoms with van der Waals surface area (Å²) in [5.41, 5.74) is 0. The fourth-order valence-corrected chi connectivity index (χ4v) is 2.36. The summed E-state index contributed by atoms with van der Waals surface area (Å²) in [5.74, 6) is -0.0646. The Labute approximate surface area is 158 Å². The first kappa shape index (κ1) is 24.1. The monoisotopic (exact) mass is 396 g/mol. The van der Waals surface area contributed by atoms with Crippen molar-refractivity contribution in [2.45, 2.75) is 30.7 Å². The fourth-order valence-electron chi connectivity index (χ4n) is 2.36. The minimum absolute atomic E-state index is 0.0646. The number of nitrogens with zero attached hydrogens (tertiary/aromatic N) is 1. The molecule has 0 bridgehead atoms. The van der Waals surface area contributed by atoms with Gasteiger partial charge >= 0.3 is 0 Å². The lowest BCUT2D eigenvalue weighted by Crippen LogP contribution is -2.59. The maximum Gasteiger partial charge on any atom is 0.234 e. The first-order valence-corrected chi connectivity index (χ1v) is 8.85. The molecule has 160 valence electrons. The van der Waals surface area contributed by atoms with E-state index in [0.29, 0.717) is 32.9 Å². The van der Waals surface area contributed by atoms with Crippen LogP contribution in [0.4, 0.5) is 0 Å². The maximum atomic E-state index is 11.4. The van der Waals surface area contributed by atoms with Gasteiger partial charge in [-0.3, -0.25) is 4.79 Å². The zero-order chi connectivity index (χ0) is 20.2. The van der Waals surface area contributed by atoms with Gasteiger partial charge in [0.2, 0.25) is 5.91 Å². The van der Waals surface area contributed by atoms with E-state index in [-0.39, 0.29) is 19.1 Å². The van der Waals surface area contributed by atoms with E-state index in [0.717, 1.165) is 0 Å². The summed E-state index contributed by atoms with van der Waals surface area (Å²) in [7, 11) is 3.63. The van der Waals surface area contributed by atoms with Gasteiger partial charge in [0, 0.05) is 6.54 Å². The smallest absolute Gasteiger partial charge is 0.234 e. The average Bonchev–Trinajstić information content (AvgIpc) is 2.62. The molecule has 1 saturated heterocycles. The van der Waals surface area contributed by atoms with Crippen molar-refractivity contribution >= 4 is 5.91 Å².